The Labute approximate surface area is 338 Å². The van der Waals surface area contributed by atoms with Crippen LogP contribution >= 0.6 is 0 Å². The van der Waals surface area contributed by atoms with Crippen molar-refractivity contribution in [3.63, 3.8) is 0 Å². The Morgan fingerprint density at radius 2 is 0.828 bits per heavy atom. The Kier molecular flexibility index (Phi) is 7.84. The van der Waals surface area contributed by atoms with E-state index in [0.717, 1.165) is 62.1 Å². The molecule has 0 amide bonds. The van der Waals surface area contributed by atoms with Crippen molar-refractivity contribution in [3.05, 3.63) is 222 Å². The Hall–Kier alpha value is -7.36. The predicted octanol–water partition coefficient (Wildman–Crippen LogP) is 14.4. The van der Waals surface area contributed by atoms with Gasteiger partial charge in [0.2, 0.25) is 0 Å². The average molecular weight is 747 g/mol. The molecule has 0 atom stereocenters. The molecule has 0 aliphatic heterocycles. The predicted molar refractivity (Wildman–Crippen MR) is 235 cm³/mol. The zero-order valence-electron chi connectivity index (χ0n) is 32.2. The molecule has 8 aromatic carbocycles. The summed E-state index contributed by atoms with van der Waals surface area (Å²) >= 11 is 0. The lowest BCUT2D eigenvalue weighted by atomic mass is 9.70. The molecule has 0 bridgehead atoms. The minimum Gasteiger partial charge on any atom is -0.497 e. The van der Waals surface area contributed by atoms with Gasteiger partial charge in [-0.05, 0) is 123 Å². The van der Waals surface area contributed by atoms with E-state index in [4.69, 9.17) is 13.9 Å². The van der Waals surface area contributed by atoms with Gasteiger partial charge in [0, 0.05) is 22.3 Å². The van der Waals surface area contributed by atoms with E-state index in [2.05, 4.69) is 165 Å². The highest BCUT2D eigenvalue weighted by atomic mass is 16.5. The molecule has 0 saturated carbocycles. The molecular weight excluding hydrogens is 709 g/mol. The van der Waals surface area contributed by atoms with E-state index in [0.29, 0.717) is 0 Å². The van der Waals surface area contributed by atoms with Crippen molar-refractivity contribution in [1.82, 2.24) is 0 Å². The third-order valence-electron chi connectivity index (χ3n) is 12.0. The first kappa shape index (κ1) is 33.9. The van der Waals surface area contributed by atoms with Crippen molar-refractivity contribution in [2.75, 3.05) is 7.11 Å². The fraction of sp³-hybridized carbons (Fsp3) is 0.0545. The molecular formula is C55H38O3. The molecule has 2 aliphatic rings. The fourth-order valence-electron chi connectivity index (χ4n) is 9.45. The molecule has 1 aromatic heterocycles. The van der Waals surface area contributed by atoms with Crippen LogP contribution in [0.25, 0.3) is 67.2 Å². The first-order valence-corrected chi connectivity index (χ1v) is 19.8. The zero-order valence-corrected chi connectivity index (χ0v) is 32.2. The number of benzene rings is 8. The summed E-state index contributed by atoms with van der Waals surface area (Å²) in [4.78, 5) is 0. The minimum absolute atomic E-state index is 0.432. The Bertz CT molecular complexity index is 2950. The number of hydrogen-bond donors (Lipinski definition) is 0. The average Bonchev–Trinajstić information content (AvgIpc) is 3.92. The third kappa shape index (κ3) is 5.13. The van der Waals surface area contributed by atoms with Gasteiger partial charge in [-0.15, -0.1) is 0 Å². The largest absolute Gasteiger partial charge is 0.497 e. The molecule has 9 aromatic rings. The first-order chi connectivity index (χ1) is 28.6. The Morgan fingerprint density at radius 1 is 0.379 bits per heavy atom. The van der Waals surface area contributed by atoms with Gasteiger partial charge in [-0.3, -0.25) is 0 Å². The van der Waals surface area contributed by atoms with Gasteiger partial charge < -0.3 is 13.9 Å². The highest BCUT2D eigenvalue weighted by Gasteiger charge is 2.51. The van der Waals surface area contributed by atoms with Crippen LogP contribution in [0.15, 0.2) is 199 Å². The van der Waals surface area contributed by atoms with Crippen molar-refractivity contribution in [1.29, 1.82) is 0 Å². The summed E-state index contributed by atoms with van der Waals surface area (Å²) in [5.74, 6) is 3.96. The Balaban J connectivity index is 1.02. The molecule has 0 unspecified atom stereocenters. The van der Waals surface area contributed by atoms with E-state index < -0.39 is 5.41 Å². The topological polar surface area (TPSA) is 31.6 Å². The summed E-state index contributed by atoms with van der Waals surface area (Å²) in [5, 5.41) is 0. The van der Waals surface area contributed by atoms with E-state index in [1.807, 2.05) is 36.4 Å². The summed E-state index contributed by atoms with van der Waals surface area (Å²) in [6.07, 6.45) is 0. The molecule has 58 heavy (non-hydrogen) atoms. The van der Waals surface area contributed by atoms with E-state index in [9.17, 15) is 0 Å². The normalized spacial score (nSPS) is 12.8. The van der Waals surface area contributed by atoms with Crippen LogP contribution in [0.3, 0.4) is 0 Å². The molecule has 1 heterocycles. The van der Waals surface area contributed by atoms with E-state index in [-0.39, 0.29) is 0 Å². The second-order valence-electron chi connectivity index (χ2n) is 15.2. The summed E-state index contributed by atoms with van der Waals surface area (Å²) in [6.45, 7) is 2.19. The number of ether oxygens (including phenoxy) is 2. The molecule has 0 saturated heterocycles. The van der Waals surface area contributed by atoms with E-state index >= 15 is 0 Å². The monoisotopic (exact) mass is 746 g/mol. The molecule has 11 rings (SSSR count). The van der Waals surface area contributed by atoms with Crippen molar-refractivity contribution >= 4 is 0 Å². The number of hydrogen-bond acceptors (Lipinski definition) is 3. The van der Waals surface area contributed by atoms with Crippen molar-refractivity contribution < 1.29 is 13.9 Å². The number of methoxy groups -OCH3 is 1. The molecule has 0 radical (unpaired) electrons. The molecule has 276 valence electrons. The molecule has 2 aliphatic carbocycles. The van der Waals surface area contributed by atoms with Gasteiger partial charge in [-0.25, -0.2) is 0 Å². The second-order valence-corrected chi connectivity index (χ2v) is 15.2. The van der Waals surface area contributed by atoms with Crippen LogP contribution in [0.5, 0.6) is 17.2 Å². The summed E-state index contributed by atoms with van der Waals surface area (Å²) < 4.78 is 19.2. The van der Waals surface area contributed by atoms with Crippen LogP contribution in [0.4, 0.5) is 0 Å². The number of fused-ring (bicyclic) bond motifs is 10. The summed E-state index contributed by atoms with van der Waals surface area (Å²) in [6, 6.07) is 68.7. The van der Waals surface area contributed by atoms with E-state index in [1.54, 1.807) is 7.11 Å². The zero-order chi connectivity index (χ0) is 38.8. The lowest BCUT2D eigenvalue weighted by molar-refractivity contribution is 0.415. The lowest BCUT2D eigenvalue weighted by Crippen LogP contribution is -2.26. The van der Waals surface area contributed by atoms with Gasteiger partial charge in [0.15, 0.2) is 0 Å². The SMILES string of the molecule is COc1ccc(-c2oc(-c3ccc(Oc4ccc5c(c4)C4(c6ccccc6-c6ccccc64)c4cc(C)ccc4-5)cc3)c(-c3ccccc3)c2-c2ccccc2)cc1. The lowest BCUT2D eigenvalue weighted by Gasteiger charge is -2.30. The van der Waals surface area contributed by atoms with Crippen LogP contribution in [-0.4, -0.2) is 7.11 Å². The third-order valence-corrected chi connectivity index (χ3v) is 12.0. The fourth-order valence-corrected chi connectivity index (χ4v) is 9.45. The molecule has 0 N–H and O–H groups in total. The van der Waals surface area contributed by atoms with Crippen molar-refractivity contribution in [2.24, 2.45) is 0 Å². The maximum absolute atomic E-state index is 6.98. The number of rotatable bonds is 7. The summed E-state index contributed by atoms with van der Waals surface area (Å²) in [7, 11) is 1.69. The van der Waals surface area contributed by atoms with Crippen LogP contribution < -0.4 is 9.47 Å². The van der Waals surface area contributed by atoms with Gasteiger partial charge in [0.05, 0.1) is 12.5 Å². The van der Waals surface area contributed by atoms with Crippen LogP contribution in [0, 0.1) is 6.92 Å². The van der Waals surface area contributed by atoms with Gasteiger partial charge in [-0.2, -0.15) is 0 Å². The Morgan fingerprint density at radius 3 is 1.38 bits per heavy atom. The summed E-state index contributed by atoms with van der Waals surface area (Å²) in [5.41, 5.74) is 17.3. The standard InChI is InChI=1S/C55H38O3/c1-35-21-31-45-46-32-30-42(34-50(46)55(49(45)33-35)47-19-11-9-17-43(47)44-18-10-12-20-48(44)55)57-41-28-24-39(25-29-41)54-52(37-15-7-4-8-16-37)51(36-13-5-3-6-14-36)53(58-54)38-22-26-40(56-2)27-23-38/h3-34H,1-2H3. The first-order valence-electron chi connectivity index (χ1n) is 19.8. The highest BCUT2D eigenvalue weighted by Crippen LogP contribution is 2.63. The van der Waals surface area contributed by atoms with Crippen LogP contribution in [0.1, 0.15) is 27.8 Å². The van der Waals surface area contributed by atoms with E-state index in [1.165, 1.54) is 50.1 Å². The van der Waals surface area contributed by atoms with Crippen molar-refractivity contribution in [3.8, 4) is 84.4 Å². The van der Waals surface area contributed by atoms with Crippen LogP contribution in [-0.2, 0) is 5.41 Å². The second kappa shape index (κ2) is 13.4. The molecule has 1 spiro atoms. The molecule has 0 fully saturated rings. The van der Waals surface area contributed by atoms with Gasteiger partial charge >= 0.3 is 0 Å². The van der Waals surface area contributed by atoms with Crippen molar-refractivity contribution in [2.45, 2.75) is 12.3 Å². The maximum atomic E-state index is 6.98. The minimum atomic E-state index is -0.432. The molecule has 3 nitrogen and oxygen atoms in total. The van der Waals surface area contributed by atoms with Gasteiger partial charge in [0.25, 0.3) is 0 Å². The van der Waals surface area contributed by atoms with Gasteiger partial charge in [-0.1, -0.05) is 139 Å². The van der Waals surface area contributed by atoms with Crippen LogP contribution in [0.2, 0.25) is 0 Å². The van der Waals surface area contributed by atoms with Gasteiger partial charge in [0.1, 0.15) is 28.8 Å². The molecule has 3 heteroatoms. The smallest absolute Gasteiger partial charge is 0.143 e. The highest BCUT2D eigenvalue weighted by molar-refractivity contribution is 6.00. The number of aryl methyl sites for hydroxylation is 1. The number of furan rings is 1. The maximum Gasteiger partial charge on any atom is 0.143 e. The quantitative estimate of drug-likeness (QED) is 0.163.